The summed E-state index contributed by atoms with van der Waals surface area (Å²) in [6.45, 7) is 4.19. The average molecular weight is 338 g/mol. The number of ether oxygens (including phenoxy) is 4. The molecule has 0 spiro atoms. The van der Waals surface area contributed by atoms with Crippen molar-refractivity contribution in [3.8, 4) is 0 Å². The maximum absolute atomic E-state index is 12.0. The molecule has 7 nitrogen and oxygen atoms in total. The summed E-state index contributed by atoms with van der Waals surface area (Å²) in [6, 6.07) is 0. The molecule has 2 saturated carbocycles. The summed E-state index contributed by atoms with van der Waals surface area (Å²) in [6.07, 6.45) is 3.05. The summed E-state index contributed by atoms with van der Waals surface area (Å²) < 4.78 is 20.9. The Hall–Kier alpha value is -1.89. The molecule has 2 saturated heterocycles. The van der Waals surface area contributed by atoms with E-state index in [4.69, 9.17) is 18.9 Å². The number of carbonyl (C=O) groups is 3. The molecular formula is C17H22O7. The van der Waals surface area contributed by atoms with Crippen molar-refractivity contribution in [2.45, 2.75) is 44.8 Å². The van der Waals surface area contributed by atoms with Gasteiger partial charge in [0.15, 0.2) is 13.4 Å². The summed E-state index contributed by atoms with van der Waals surface area (Å²) in [5.74, 6) is -0.688. The van der Waals surface area contributed by atoms with Gasteiger partial charge in [0.2, 0.25) is 0 Å². The van der Waals surface area contributed by atoms with E-state index in [0.29, 0.717) is 5.92 Å². The zero-order valence-corrected chi connectivity index (χ0v) is 13.7. The first kappa shape index (κ1) is 17.0. The SMILES string of the molecule is C=C(C)C(=O)OCC(=O)OCOC1C2CC3CC(C2)C(=O)OC1C3. The average Bonchev–Trinajstić information content (AvgIpc) is 2.69. The van der Waals surface area contributed by atoms with Crippen LogP contribution in [0.4, 0.5) is 0 Å². The van der Waals surface area contributed by atoms with Crippen LogP contribution < -0.4 is 0 Å². The van der Waals surface area contributed by atoms with Crippen molar-refractivity contribution < 1.29 is 33.3 Å². The van der Waals surface area contributed by atoms with Crippen LogP contribution >= 0.6 is 0 Å². The molecule has 4 bridgehead atoms. The minimum Gasteiger partial charge on any atom is -0.459 e. The van der Waals surface area contributed by atoms with Crippen LogP contribution in [0, 0.1) is 17.8 Å². The third kappa shape index (κ3) is 3.61. The highest BCUT2D eigenvalue weighted by molar-refractivity contribution is 5.88. The molecule has 24 heavy (non-hydrogen) atoms. The van der Waals surface area contributed by atoms with Gasteiger partial charge >= 0.3 is 17.9 Å². The zero-order valence-electron chi connectivity index (χ0n) is 13.7. The van der Waals surface area contributed by atoms with E-state index in [2.05, 4.69) is 6.58 Å². The molecule has 0 amide bonds. The molecular weight excluding hydrogens is 316 g/mol. The van der Waals surface area contributed by atoms with Crippen molar-refractivity contribution in [2.75, 3.05) is 13.4 Å². The summed E-state index contributed by atoms with van der Waals surface area (Å²) in [5.41, 5.74) is 0.214. The number of carbonyl (C=O) groups excluding carboxylic acids is 3. The highest BCUT2D eigenvalue weighted by Gasteiger charge is 2.50. The van der Waals surface area contributed by atoms with Crippen molar-refractivity contribution >= 4 is 17.9 Å². The van der Waals surface area contributed by atoms with Crippen LogP contribution in [-0.2, 0) is 33.3 Å². The maximum atomic E-state index is 12.0. The molecule has 7 heteroatoms. The Morgan fingerprint density at radius 2 is 2.00 bits per heavy atom. The molecule has 0 aromatic rings. The molecule has 0 aromatic heterocycles. The molecule has 0 aromatic carbocycles. The minimum atomic E-state index is -0.691. The van der Waals surface area contributed by atoms with Crippen molar-refractivity contribution in [1.82, 2.24) is 0 Å². The van der Waals surface area contributed by atoms with E-state index >= 15 is 0 Å². The summed E-state index contributed by atoms with van der Waals surface area (Å²) >= 11 is 0. The van der Waals surface area contributed by atoms with E-state index in [1.54, 1.807) is 0 Å². The van der Waals surface area contributed by atoms with Crippen LogP contribution in [0.1, 0.15) is 32.6 Å². The van der Waals surface area contributed by atoms with Crippen LogP contribution in [0.5, 0.6) is 0 Å². The van der Waals surface area contributed by atoms with Gasteiger partial charge in [-0.15, -0.1) is 0 Å². The van der Waals surface area contributed by atoms with Crippen molar-refractivity contribution in [3.05, 3.63) is 12.2 Å². The van der Waals surface area contributed by atoms with Gasteiger partial charge < -0.3 is 18.9 Å². The first-order chi connectivity index (χ1) is 11.4. The summed E-state index contributed by atoms with van der Waals surface area (Å²) in [7, 11) is 0. The van der Waals surface area contributed by atoms with Gasteiger partial charge in [-0.25, -0.2) is 9.59 Å². The number of hydrogen-bond donors (Lipinski definition) is 0. The van der Waals surface area contributed by atoms with Crippen LogP contribution in [0.2, 0.25) is 0 Å². The van der Waals surface area contributed by atoms with Gasteiger partial charge in [0, 0.05) is 5.57 Å². The molecule has 132 valence electrons. The molecule has 2 heterocycles. The Bertz CT molecular complexity index is 555. The Labute approximate surface area is 140 Å². The smallest absolute Gasteiger partial charge is 0.346 e. The van der Waals surface area contributed by atoms with Gasteiger partial charge in [0.05, 0.1) is 5.92 Å². The van der Waals surface area contributed by atoms with Crippen LogP contribution in [0.3, 0.4) is 0 Å². The first-order valence-corrected chi connectivity index (χ1v) is 8.24. The predicted octanol–water partition coefficient (Wildman–Crippen LogP) is 1.35. The van der Waals surface area contributed by atoms with Crippen LogP contribution in [-0.4, -0.2) is 43.5 Å². The molecule has 4 aliphatic rings. The van der Waals surface area contributed by atoms with Gasteiger partial charge in [0.1, 0.15) is 12.2 Å². The standard InChI is InChI=1S/C17H22O7/c1-9(2)16(19)21-7-14(18)22-8-23-15-11-3-10-4-12(6-11)17(20)24-13(15)5-10/h10-13,15H,1,3-8H2,2H3. The largest absolute Gasteiger partial charge is 0.459 e. The molecule has 0 N–H and O–H groups in total. The highest BCUT2D eigenvalue weighted by atomic mass is 16.7. The van der Waals surface area contributed by atoms with Crippen molar-refractivity contribution in [1.29, 1.82) is 0 Å². The number of hydrogen-bond acceptors (Lipinski definition) is 7. The monoisotopic (exact) mass is 338 g/mol. The fourth-order valence-corrected chi connectivity index (χ4v) is 3.98. The second-order valence-corrected chi connectivity index (χ2v) is 6.86. The Balaban J connectivity index is 1.45. The third-order valence-electron chi connectivity index (χ3n) is 4.99. The zero-order chi connectivity index (χ0) is 17.3. The van der Waals surface area contributed by atoms with E-state index < -0.39 is 18.5 Å². The maximum Gasteiger partial charge on any atom is 0.346 e. The number of rotatable bonds is 6. The Morgan fingerprint density at radius 3 is 2.75 bits per heavy atom. The van der Waals surface area contributed by atoms with E-state index in [0.717, 1.165) is 25.7 Å². The lowest BCUT2D eigenvalue weighted by Gasteiger charge is -2.41. The lowest BCUT2D eigenvalue weighted by molar-refractivity contribution is -0.188. The van der Waals surface area contributed by atoms with Gasteiger partial charge in [-0.2, -0.15) is 0 Å². The van der Waals surface area contributed by atoms with E-state index in [1.165, 1.54) is 6.92 Å². The number of fused-ring (bicyclic) bond motifs is 1. The highest BCUT2D eigenvalue weighted by Crippen LogP contribution is 2.48. The second-order valence-electron chi connectivity index (χ2n) is 6.86. The molecule has 4 fully saturated rings. The fraction of sp³-hybridized carbons (Fsp3) is 0.706. The molecule has 4 rings (SSSR count). The minimum absolute atomic E-state index is 0.0172. The van der Waals surface area contributed by atoms with Crippen LogP contribution in [0.15, 0.2) is 12.2 Å². The van der Waals surface area contributed by atoms with Gasteiger partial charge in [0.25, 0.3) is 0 Å². The van der Waals surface area contributed by atoms with Gasteiger partial charge in [-0.3, -0.25) is 4.79 Å². The van der Waals surface area contributed by atoms with Crippen molar-refractivity contribution in [2.24, 2.45) is 17.8 Å². The normalized spacial score (nSPS) is 33.5. The topological polar surface area (TPSA) is 88.1 Å². The molecule has 2 aliphatic carbocycles. The second kappa shape index (κ2) is 6.93. The van der Waals surface area contributed by atoms with Crippen molar-refractivity contribution in [3.63, 3.8) is 0 Å². The molecule has 2 aliphatic heterocycles. The molecule has 5 unspecified atom stereocenters. The Kier molecular flexibility index (Phi) is 4.89. The summed E-state index contributed by atoms with van der Waals surface area (Å²) in [4.78, 5) is 34.7. The quantitative estimate of drug-likeness (QED) is 0.313. The van der Waals surface area contributed by atoms with Gasteiger partial charge in [-0.1, -0.05) is 6.58 Å². The lowest BCUT2D eigenvalue weighted by atomic mass is 9.67. The van der Waals surface area contributed by atoms with Gasteiger partial charge in [-0.05, 0) is 44.4 Å². The van der Waals surface area contributed by atoms with E-state index in [9.17, 15) is 14.4 Å². The predicted molar refractivity (Wildman–Crippen MR) is 80.4 cm³/mol. The van der Waals surface area contributed by atoms with Crippen LogP contribution in [0.25, 0.3) is 0 Å². The first-order valence-electron chi connectivity index (χ1n) is 8.24. The summed E-state index contributed by atoms with van der Waals surface area (Å²) in [5, 5.41) is 0. The van der Waals surface area contributed by atoms with E-state index in [-0.39, 0.29) is 42.4 Å². The fourth-order valence-electron chi connectivity index (χ4n) is 3.98. The Morgan fingerprint density at radius 1 is 1.21 bits per heavy atom. The van der Waals surface area contributed by atoms with E-state index in [1.807, 2.05) is 0 Å². The third-order valence-corrected chi connectivity index (χ3v) is 4.99. The lowest BCUT2D eigenvalue weighted by Crippen LogP contribution is -2.44. The molecule has 5 atom stereocenters. The molecule has 0 radical (unpaired) electrons. The number of esters is 3.